The Balaban J connectivity index is 2.04. The number of hydrogen-bond donors (Lipinski definition) is 1. The lowest BCUT2D eigenvalue weighted by atomic mass is 10.1. The quantitative estimate of drug-likeness (QED) is 0.839. The number of hydrogen-bond acceptors (Lipinski definition) is 5. The summed E-state index contributed by atoms with van der Waals surface area (Å²) in [5.41, 5.74) is 0. The standard InChI is InChI=1S/C12H15N3OS/c1-8-5-10-11(13-7-14-12(10)17-8)15-4-2-3-9(16)6-15/h5,7,9,16H,2-4,6H2,1H3. The van der Waals surface area contributed by atoms with Crippen molar-refractivity contribution in [1.29, 1.82) is 0 Å². The van der Waals surface area contributed by atoms with E-state index in [0.717, 1.165) is 35.4 Å². The largest absolute Gasteiger partial charge is 0.391 e. The monoisotopic (exact) mass is 249 g/mol. The van der Waals surface area contributed by atoms with Gasteiger partial charge in [-0.3, -0.25) is 0 Å². The molecule has 1 N–H and O–H groups in total. The summed E-state index contributed by atoms with van der Waals surface area (Å²) in [5, 5.41) is 10.9. The fourth-order valence-corrected chi connectivity index (χ4v) is 3.20. The summed E-state index contributed by atoms with van der Waals surface area (Å²) in [6.45, 7) is 3.74. The van der Waals surface area contributed by atoms with Crippen molar-refractivity contribution in [2.45, 2.75) is 25.9 Å². The van der Waals surface area contributed by atoms with Crippen LogP contribution in [0, 0.1) is 6.92 Å². The van der Waals surface area contributed by atoms with Crippen molar-refractivity contribution in [3.05, 3.63) is 17.3 Å². The van der Waals surface area contributed by atoms with Gasteiger partial charge in [0.05, 0.1) is 11.5 Å². The first-order valence-electron chi connectivity index (χ1n) is 5.88. The lowest BCUT2D eigenvalue weighted by Gasteiger charge is -2.31. The molecule has 3 rings (SSSR count). The van der Waals surface area contributed by atoms with Crippen LogP contribution in [-0.2, 0) is 0 Å². The topological polar surface area (TPSA) is 49.2 Å². The third-order valence-electron chi connectivity index (χ3n) is 3.13. The Kier molecular flexibility index (Phi) is 2.72. The number of piperidine rings is 1. The first-order valence-corrected chi connectivity index (χ1v) is 6.70. The van der Waals surface area contributed by atoms with Crippen LogP contribution >= 0.6 is 11.3 Å². The van der Waals surface area contributed by atoms with Crippen molar-refractivity contribution in [2.24, 2.45) is 0 Å². The number of aromatic nitrogens is 2. The van der Waals surface area contributed by atoms with Crippen molar-refractivity contribution in [2.75, 3.05) is 18.0 Å². The number of aryl methyl sites for hydroxylation is 1. The number of aliphatic hydroxyl groups excluding tert-OH is 1. The van der Waals surface area contributed by atoms with Gasteiger partial charge < -0.3 is 10.0 Å². The molecule has 0 radical (unpaired) electrons. The van der Waals surface area contributed by atoms with Crippen LogP contribution in [0.5, 0.6) is 0 Å². The van der Waals surface area contributed by atoms with Crippen molar-refractivity contribution >= 4 is 27.4 Å². The summed E-state index contributed by atoms with van der Waals surface area (Å²) in [6.07, 6.45) is 3.31. The van der Waals surface area contributed by atoms with Gasteiger partial charge in [-0.25, -0.2) is 9.97 Å². The minimum Gasteiger partial charge on any atom is -0.391 e. The van der Waals surface area contributed by atoms with Gasteiger partial charge in [0.1, 0.15) is 17.0 Å². The molecular weight excluding hydrogens is 234 g/mol. The van der Waals surface area contributed by atoms with Gasteiger partial charge in [0.15, 0.2) is 0 Å². The summed E-state index contributed by atoms with van der Waals surface area (Å²) >= 11 is 1.69. The number of fused-ring (bicyclic) bond motifs is 1. The second kappa shape index (κ2) is 4.23. The van der Waals surface area contributed by atoms with E-state index in [2.05, 4.69) is 27.9 Å². The van der Waals surface area contributed by atoms with Gasteiger partial charge >= 0.3 is 0 Å². The average Bonchev–Trinajstić information content (AvgIpc) is 2.68. The smallest absolute Gasteiger partial charge is 0.140 e. The molecule has 5 heteroatoms. The molecule has 1 saturated heterocycles. The minimum absolute atomic E-state index is 0.228. The normalized spacial score (nSPS) is 21.1. The number of aliphatic hydroxyl groups is 1. The minimum atomic E-state index is -0.228. The molecule has 1 aliphatic rings. The highest BCUT2D eigenvalue weighted by atomic mass is 32.1. The maximum atomic E-state index is 9.74. The van der Waals surface area contributed by atoms with E-state index in [0.29, 0.717) is 6.54 Å². The molecule has 2 aromatic heterocycles. The first kappa shape index (κ1) is 10.9. The second-order valence-corrected chi connectivity index (χ2v) is 5.75. The van der Waals surface area contributed by atoms with Crippen molar-refractivity contribution in [3.8, 4) is 0 Å². The number of β-amino-alcohol motifs (C(OH)–C–C–N with tert-alkyl or cyclic N) is 1. The second-order valence-electron chi connectivity index (χ2n) is 4.52. The highest BCUT2D eigenvalue weighted by molar-refractivity contribution is 7.18. The lowest BCUT2D eigenvalue weighted by molar-refractivity contribution is 0.154. The number of anilines is 1. The van der Waals surface area contributed by atoms with Crippen LogP contribution in [-0.4, -0.2) is 34.3 Å². The fraction of sp³-hybridized carbons (Fsp3) is 0.500. The zero-order valence-corrected chi connectivity index (χ0v) is 10.6. The van der Waals surface area contributed by atoms with Crippen molar-refractivity contribution in [1.82, 2.24) is 9.97 Å². The molecule has 3 heterocycles. The Labute approximate surface area is 104 Å². The summed E-state index contributed by atoms with van der Waals surface area (Å²) in [6, 6.07) is 2.14. The van der Waals surface area contributed by atoms with Crippen LogP contribution in [0.3, 0.4) is 0 Å². The van der Waals surface area contributed by atoms with E-state index in [4.69, 9.17) is 0 Å². The summed E-state index contributed by atoms with van der Waals surface area (Å²) in [7, 11) is 0. The molecule has 1 aliphatic heterocycles. The zero-order valence-electron chi connectivity index (χ0n) is 9.76. The molecular formula is C12H15N3OS. The molecule has 2 aromatic rings. The number of thiophene rings is 1. The number of rotatable bonds is 1. The molecule has 0 aromatic carbocycles. The van der Waals surface area contributed by atoms with Gasteiger partial charge in [0, 0.05) is 18.0 Å². The highest BCUT2D eigenvalue weighted by Crippen LogP contribution is 2.30. The Morgan fingerprint density at radius 2 is 2.35 bits per heavy atom. The lowest BCUT2D eigenvalue weighted by Crippen LogP contribution is -2.38. The molecule has 0 bridgehead atoms. The van der Waals surface area contributed by atoms with Crippen LogP contribution in [0.15, 0.2) is 12.4 Å². The zero-order chi connectivity index (χ0) is 11.8. The van der Waals surface area contributed by atoms with E-state index >= 15 is 0 Å². The summed E-state index contributed by atoms with van der Waals surface area (Å²) < 4.78 is 0. The Morgan fingerprint density at radius 3 is 3.18 bits per heavy atom. The molecule has 1 fully saturated rings. The van der Waals surface area contributed by atoms with Gasteiger partial charge in [-0.1, -0.05) is 0 Å². The third-order valence-corrected chi connectivity index (χ3v) is 4.09. The molecule has 1 atom stereocenters. The first-order chi connectivity index (χ1) is 8.24. The third kappa shape index (κ3) is 2.00. The van der Waals surface area contributed by atoms with Gasteiger partial charge in [0.2, 0.25) is 0 Å². The molecule has 4 nitrogen and oxygen atoms in total. The Bertz CT molecular complexity index is 540. The highest BCUT2D eigenvalue weighted by Gasteiger charge is 2.21. The van der Waals surface area contributed by atoms with Crippen LogP contribution in [0.4, 0.5) is 5.82 Å². The van der Waals surface area contributed by atoms with E-state index in [1.54, 1.807) is 17.7 Å². The van der Waals surface area contributed by atoms with E-state index in [-0.39, 0.29) is 6.10 Å². The van der Waals surface area contributed by atoms with Crippen molar-refractivity contribution < 1.29 is 5.11 Å². The Hall–Kier alpha value is -1.20. The maximum Gasteiger partial charge on any atom is 0.140 e. The molecule has 1 unspecified atom stereocenters. The molecule has 0 saturated carbocycles. The van der Waals surface area contributed by atoms with E-state index < -0.39 is 0 Å². The van der Waals surface area contributed by atoms with Gasteiger partial charge in [-0.05, 0) is 25.8 Å². The van der Waals surface area contributed by atoms with E-state index in [1.165, 1.54) is 4.88 Å². The van der Waals surface area contributed by atoms with E-state index in [1.807, 2.05) is 0 Å². The predicted octanol–water partition coefficient (Wildman–Crippen LogP) is 1.96. The van der Waals surface area contributed by atoms with Crippen molar-refractivity contribution in [3.63, 3.8) is 0 Å². The van der Waals surface area contributed by atoms with Crippen LogP contribution in [0.25, 0.3) is 10.2 Å². The van der Waals surface area contributed by atoms with Gasteiger partial charge in [-0.15, -0.1) is 11.3 Å². The Morgan fingerprint density at radius 1 is 1.47 bits per heavy atom. The summed E-state index contributed by atoms with van der Waals surface area (Å²) in [4.78, 5) is 13.1. The fourth-order valence-electron chi connectivity index (χ4n) is 2.36. The maximum absolute atomic E-state index is 9.74. The van der Waals surface area contributed by atoms with Gasteiger partial charge in [0.25, 0.3) is 0 Å². The van der Waals surface area contributed by atoms with Crippen LogP contribution in [0.1, 0.15) is 17.7 Å². The molecule has 0 spiro atoms. The molecule has 90 valence electrons. The molecule has 0 aliphatic carbocycles. The summed E-state index contributed by atoms with van der Waals surface area (Å²) in [5.74, 6) is 0.970. The average molecular weight is 249 g/mol. The molecule has 17 heavy (non-hydrogen) atoms. The van der Waals surface area contributed by atoms with E-state index in [9.17, 15) is 5.11 Å². The SMILES string of the molecule is Cc1cc2c(N3CCCC(O)C3)ncnc2s1. The van der Waals surface area contributed by atoms with Crippen LogP contribution in [0.2, 0.25) is 0 Å². The molecule has 0 amide bonds. The predicted molar refractivity (Wildman–Crippen MR) is 69.6 cm³/mol. The van der Waals surface area contributed by atoms with Gasteiger partial charge in [-0.2, -0.15) is 0 Å². The number of nitrogens with zero attached hydrogens (tertiary/aromatic N) is 3. The van der Waals surface area contributed by atoms with Crippen LogP contribution < -0.4 is 4.90 Å².